The quantitative estimate of drug-likeness (QED) is 0.174. The number of nitrogens with two attached hydrogens (primary N) is 1. The zero-order valence-corrected chi connectivity index (χ0v) is 28.9. The molecule has 0 aliphatic carbocycles. The van der Waals surface area contributed by atoms with Crippen LogP contribution in [0.1, 0.15) is 58.3 Å². The lowest BCUT2D eigenvalue weighted by Crippen LogP contribution is -2.50. The van der Waals surface area contributed by atoms with Crippen LogP contribution in [0.5, 0.6) is 0 Å². The number of nitrogens with one attached hydrogen (secondary N) is 2. The summed E-state index contributed by atoms with van der Waals surface area (Å²) in [5, 5.41) is 5.25. The molecule has 0 saturated heterocycles. The van der Waals surface area contributed by atoms with E-state index in [-0.39, 0.29) is 37.5 Å². The molecular formula is C37H44F2N6O5. The van der Waals surface area contributed by atoms with Crippen LogP contribution >= 0.6 is 0 Å². The van der Waals surface area contributed by atoms with Gasteiger partial charge in [0.25, 0.3) is 11.8 Å². The summed E-state index contributed by atoms with van der Waals surface area (Å²) in [4.78, 5) is 64.8. The number of rotatable bonds is 14. The van der Waals surface area contributed by atoms with Gasteiger partial charge in [0, 0.05) is 68.3 Å². The Kier molecular flexibility index (Phi) is 12.1. The molecule has 11 nitrogen and oxygen atoms in total. The first-order valence-electron chi connectivity index (χ1n) is 16.4. The molecule has 1 aromatic heterocycles. The number of benzene rings is 2. The maximum atomic E-state index is 15.0. The Hall–Kier alpha value is -5.17. The Morgan fingerprint density at radius 1 is 0.920 bits per heavy atom. The first-order chi connectivity index (χ1) is 23.6. The molecule has 0 radical (unpaired) electrons. The molecule has 0 unspecified atom stereocenters. The zero-order valence-electron chi connectivity index (χ0n) is 28.9. The van der Waals surface area contributed by atoms with Crippen LogP contribution in [-0.4, -0.2) is 75.6 Å². The fourth-order valence-corrected chi connectivity index (χ4v) is 6.05. The smallest absolute Gasteiger partial charge is 0.254 e. The highest BCUT2D eigenvalue weighted by Gasteiger charge is 2.37. The van der Waals surface area contributed by atoms with E-state index in [9.17, 15) is 32.8 Å². The van der Waals surface area contributed by atoms with Crippen molar-refractivity contribution in [3.05, 3.63) is 95.8 Å². The average molecular weight is 691 g/mol. The molecule has 1 aliphatic rings. The Balaban J connectivity index is 1.48. The number of amides is 5. The highest BCUT2D eigenvalue weighted by Crippen LogP contribution is 2.41. The van der Waals surface area contributed by atoms with Crippen LogP contribution in [0.2, 0.25) is 0 Å². The predicted molar refractivity (Wildman–Crippen MR) is 184 cm³/mol. The molecule has 3 atom stereocenters. The summed E-state index contributed by atoms with van der Waals surface area (Å²) in [6.45, 7) is 9.39. The van der Waals surface area contributed by atoms with E-state index in [2.05, 4.69) is 10.6 Å². The lowest BCUT2D eigenvalue weighted by molar-refractivity contribution is -0.144. The molecule has 3 aromatic rings. The number of halogens is 2. The minimum atomic E-state index is -1.02. The van der Waals surface area contributed by atoms with E-state index >= 15 is 0 Å². The van der Waals surface area contributed by atoms with E-state index in [1.54, 1.807) is 17.2 Å². The van der Waals surface area contributed by atoms with Gasteiger partial charge in [-0.15, -0.1) is 0 Å². The number of carbonyl (C=O) groups excluding carboxylic acids is 5. The minimum absolute atomic E-state index is 0.0313. The van der Waals surface area contributed by atoms with Gasteiger partial charge in [0.1, 0.15) is 17.7 Å². The Labute approximate surface area is 290 Å². The minimum Gasteiger partial charge on any atom is -0.353 e. The van der Waals surface area contributed by atoms with Gasteiger partial charge in [-0.1, -0.05) is 51.1 Å². The van der Waals surface area contributed by atoms with Gasteiger partial charge >= 0.3 is 0 Å². The van der Waals surface area contributed by atoms with E-state index in [0.717, 1.165) is 40.8 Å². The lowest BCUT2D eigenvalue weighted by Gasteiger charge is -2.41. The monoisotopic (exact) mass is 690 g/mol. The summed E-state index contributed by atoms with van der Waals surface area (Å²) in [6.07, 6.45) is 4.06. The first kappa shape index (κ1) is 37.6. The summed E-state index contributed by atoms with van der Waals surface area (Å²) in [5.41, 5.74) is 7.93. The molecule has 266 valence electrons. The number of carbonyl (C=O) groups is 5. The first-order valence-corrected chi connectivity index (χ1v) is 16.4. The Morgan fingerprint density at radius 2 is 1.54 bits per heavy atom. The average Bonchev–Trinajstić information content (AvgIpc) is 3.62. The third-order valence-corrected chi connectivity index (χ3v) is 8.53. The van der Waals surface area contributed by atoms with Crippen LogP contribution in [0.4, 0.5) is 8.78 Å². The number of aromatic nitrogens is 1. The second kappa shape index (κ2) is 16.0. The molecule has 1 aliphatic heterocycles. The van der Waals surface area contributed by atoms with Crippen molar-refractivity contribution in [1.82, 2.24) is 25.0 Å². The van der Waals surface area contributed by atoms with E-state index < -0.39 is 58.8 Å². The Morgan fingerprint density at radius 3 is 2.14 bits per heavy atom. The van der Waals surface area contributed by atoms with Crippen LogP contribution in [0.3, 0.4) is 0 Å². The topological polar surface area (TPSA) is 147 Å². The third-order valence-electron chi connectivity index (χ3n) is 8.53. The molecular weight excluding hydrogens is 646 g/mol. The summed E-state index contributed by atoms with van der Waals surface area (Å²) in [7, 11) is 0. The standard InChI is InChI=1S/C37H44F2N6O5/c1-23(45-32(47)13-14-33(45)48)35(49)41-16-17-42-36(50)30(40)15-18-44(24(2)46)34(37(3,4)5)31-19-26(28-20-27(38)11-12-29(28)39)22-43(31)21-25-9-7-6-8-10-25/h6-14,19-20,22-23,30,34H,15-18,21,40H2,1-5H3,(H,41,49)(H,42,50)/t23-,30+,34+/m1/s1. The maximum Gasteiger partial charge on any atom is 0.254 e. The van der Waals surface area contributed by atoms with Crippen molar-refractivity contribution < 1.29 is 32.8 Å². The number of hydrogen-bond acceptors (Lipinski definition) is 6. The van der Waals surface area contributed by atoms with Gasteiger partial charge in [-0.25, -0.2) is 8.78 Å². The lowest BCUT2D eigenvalue weighted by atomic mass is 9.82. The summed E-state index contributed by atoms with van der Waals surface area (Å²) in [5.74, 6) is -3.61. The van der Waals surface area contributed by atoms with Gasteiger partial charge in [-0.05, 0) is 48.6 Å². The number of imide groups is 1. The van der Waals surface area contributed by atoms with Gasteiger partial charge in [0.05, 0.1) is 12.1 Å². The number of hydrogen-bond donors (Lipinski definition) is 3. The normalized spacial score (nSPS) is 14.8. The summed E-state index contributed by atoms with van der Waals surface area (Å²) >= 11 is 0. The molecule has 0 fully saturated rings. The van der Waals surface area contributed by atoms with Gasteiger partial charge < -0.3 is 25.8 Å². The molecule has 2 aromatic carbocycles. The SMILES string of the molecule is CC(=O)N(CC[C@H](N)C(=O)NCCNC(=O)[C@@H](C)N1C(=O)C=CC1=O)[C@@H](c1cc(-c2cc(F)ccc2F)cn1Cc1ccccc1)C(C)(C)C. The van der Waals surface area contributed by atoms with Crippen molar-refractivity contribution in [3.8, 4) is 11.1 Å². The van der Waals surface area contributed by atoms with Gasteiger partial charge in [-0.3, -0.25) is 28.9 Å². The van der Waals surface area contributed by atoms with Crippen molar-refractivity contribution in [1.29, 1.82) is 0 Å². The fraction of sp³-hybridized carbons (Fsp3) is 0.378. The second-order valence-corrected chi connectivity index (χ2v) is 13.4. The highest BCUT2D eigenvalue weighted by molar-refractivity contribution is 6.15. The third kappa shape index (κ3) is 9.08. The van der Waals surface area contributed by atoms with Crippen LogP contribution in [-0.2, 0) is 30.5 Å². The van der Waals surface area contributed by atoms with Crippen LogP contribution in [0.15, 0.2) is 72.9 Å². The van der Waals surface area contributed by atoms with Crippen molar-refractivity contribution in [3.63, 3.8) is 0 Å². The highest BCUT2D eigenvalue weighted by atomic mass is 19.1. The van der Waals surface area contributed by atoms with Crippen LogP contribution < -0.4 is 16.4 Å². The van der Waals surface area contributed by atoms with Crippen molar-refractivity contribution in [2.45, 2.75) is 65.7 Å². The van der Waals surface area contributed by atoms with Crippen molar-refractivity contribution in [2.24, 2.45) is 11.1 Å². The van der Waals surface area contributed by atoms with E-state index in [4.69, 9.17) is 5.73 Å². The van der Waals surface area contributed by atoms with Crippen molar-refractivity contribution in [2.75, 3.05) is 19.6 Å². The molecule has 0 spiro atoms. The molecule has 4 N–H and O–H groups in total. The molecule has 0 saturated carbocycles. The predicted octanol–water partition coefficient (Wildman–Crippen LogP) is 3.68. The van der Waals surface area contributed by atoms with Gasteiger partial charge in [-0.2, -0.15) is 0 Å². The van der Waals surface area contributed by atoms with Crippen molar-refractivity contribution >= 4 is 29.5 Å². The maximum absolute atomic E-state index is 15.0. The van der Waals surface area contributed by atoms with Gasteiger partial charge in [0.2, 0.25) is 17.7 Å². The summed E-state index contributed by atoms with van der Waals surface area (Å²) in [6, 6.07) is 12.1. The van der Waals surface area contributed by atoms with E-state index in [1.165, 1.54) is 13.8 Å². The summed E-state index contributed by atoms with van der Waals surface area (Å²) < 4.78 is 31.1. The van der Waals surface area contributed by atoms with Crippen LogP contribution in [0.25, 0.3) is 11.1 Å². The largest absolute Gasteiger partial charge is 0.353 e. The fourth-order valence-electron chi connectivity index (χ4n) is 6.05. The molecule has 0 bridgehead atoms. The Bertz CT molecular complexity index is 1750. The van der Waals surface area contributed by atoms with Crippen LogP contribution in [0, 0.1) is 17.0 Å². The molecule has 2 heterocycles. The molecule has 5 amide bonds. The molecule has 50 heavy (non-hydrogen) atoms. The second-order valence-electron chi connectivity index (χ2n) is 13.4. The van der Waals surface area contributed by atoms with Gasteiger partial charge in [0.15, 0.2) is 0 Å². The molecule has 4 rings (SSSR count). The van der Waals surface area contributed by atoms with E-state index in [1.807, 2.05) is 55.7 Å². The van der Waals surface area contributed by atoms with E-state index in [0.29, 0.717) is 17.8 Å². The zero-order chi connectivity index (χ0) is 36.7. The molecule has 13 heteroatoms. The number of nitrogens with zero attached hydrogens (tertiary/aromatic N) is 3.